The summed E-state index contributed by atoms with van der Waals surface area (Å²) in [6, 6.07) is 3.11. The number of carboxylic acids is 1. The fraction of sp³-hybridized carbons (Fsp3) is 0.364. The molecule has 0 amide bonds. The van der Waals surface area contributed by atoms with Gasteiger partial charge in [-0.05, 0) is 54.1 Å². The summed E-state index contributed by atoms with van der Waals surface area (Å²) < 4.78 is 0. The van der Waals surface area contributed by atoms with Crippen LogP contribution in [0.25, 0.3) is 0 Å². The minimum Gasteiger partial charge on any atom is -0.478 e. The molecule has 0 atom stereocenters. The van der Waals surface area contributed by atoms with E-state index in [1.165, 1.54) is 6.07 Å². The Bertz CT molecular complexity index is 436. The molecule has 4 nitrogen and oxygen atoms in total. The number of nitrogens with zero attached hydrogens (tertiary/aromatic N) is 1. The molecule has 0 heterocycles. The zero-order valence-corrected chi connectivity index (χ0v) is 8.36. The molecule has 0 aliphatic heterocycles. The molecule has 15 heavy (non-hydrogen) atoms. The Morgan fingerprint density at radius 3 is 2.60 bits per heavy atom. The molecule has 1 aromatic carbocycles. The van der Waals surface area contributed by atoms with E-state index in [-0.39, 0.29) is 0 Å². The first-order valence-corrected chi connectivity index (χ1v) is 4.84. The maximum atomic E-state index is 11.1. The molecular formula is C11H11NO3. The summed E-state index contributed by atoms with van der Waals surface area (Å²) in [6.45, 7) is 1.70. The fourth-order valence-electron chi connectivity index (χ4n) is 1.86. The van der Waals surface area contributed by atoms with Gasteiger partial charge < -0.3 is 5.11 Å². The van der Waals surface area contributed by atoms with E-state index in [9.17, 15) is 9.70 Å². The van der Waals surface area contributed by atoms with Crippen molar-refractivity contribution in [3.8, 4) is 0 Å². The second-order valence-electron chi connectivity index (χ2n) is 3.90. The summed E-state index contributed by atoms with van der Waals surface area (Å²) >= 11 is 0. The fourth-order valence-corrected chi connectivity index (χ4v) is 1.86. The maximum absolute atomic E-state index is 11.1. The molecule has 0 spiro atoms. The van der Waals surface area contributed by atoms with Crippen molar-refractivity contribution in [2.45, 2.75) is 25.7 Å². The molecule has 1 aromatic rings. The molecule has 0 saturated heterocycles. The van der Waals surface area contributed by atoms with E-state index in [1.807, 2.05) is 0 Å². The van der Waals surface area contributed by atoms with Crippen molar-refractivity contribution in [1.82, 2.24) is 0 Å². The number of carbonyl (C=O) groups is 1. The SMILES string of the molecule is Cc1cc(N=O)cc(C2CC2)c1C(=O)O. The Kier molecular flexibility index (Phi) is 2.26. The first-order chi connectivity index (χ1) is 7.13. The lowest BCUT2D eigenvalue weighted by Crippen LogP contribution is -2.04. The van der Waals surface area contributed by atoms with Gasteiger partial charge in [-0.15, -0.1) is 4.91 Å². The van der Waals surface area contributed by atoms with Crippen LogP contribution >= 0.6 is 0 Å². The van der Waals surface area contributed by atoms with Crippen molar-refractivity contribution >= 4 is 11.7 Å². The largest absolute Gasteiger partial charge is 0.478 e. The highest BCUT2D eigenvalue weighted by atomic mass is 16.4. The Morgan fingerprint density at radius 1 is 1.47 bits per heavy atom. The number of aromatic carboxylic acids is 1. The van der Waals surface area contributed by atoms with Crippen LogP contribution < -0.4 is 0 Å². The van der Waals surface area contributed by atoms with E-state index >= 15 is 0 Å². The normalized spacial score (nSPS) is 15.0. The van der Waals surface area contributed by atoms with Crippen LogP contribution in [0.1, 0.15) is 40.2 Å². The number of carboxylic acid groups (broad SMARTS) is 1. The maximum Gasteiger partial charge on any atom is 0.336 e. The number of nitroso groups, excluding NO2 is 1. The van der Waals surface area contributed by atoms with Gasteiger partial charge in [0.05, 0.1) is 5.56 Å². The van der Waals surface area contributed by atoms with Crippen molar-refractivity contribution in [3.05, 3.63) is 33.7 Å². The second-order valence-corrected chi connectivity index (χ2v) is 3.90. The second kappa shape index (κ2) is 3.46. The number of hydrogen-bond donors (Lipinski definition) is 1. The van der Waals surface area contributed by atoms with E-state index in [1.54, 1.807) is 13.0 Å². The quantitative estimate of drug-likeness (QED) is 0.771. The van der Waals surface area contributed by atoms with Crippen LogP contribution in [0.2, 0.25) is 0 Å². The molecule has 1 aliphatic rings. The van der Waals surface area contributed by atoms with Crippen molar-refractivity contribution in [2.75, 3.05) is 0 Å². The van der Waals surface area contributed by atoms with Crippen molar-refractivity contribution in [3.63, 3.8) is 0 Å². The van der Waals surface area contributed by atoms with Crippen molar-refractivity contribution < 1.29 is 9.90 Å². The summed E-state index contributed by atoms with van der Waals surface area (Å²) in [7, 11) is 0. The van der Waals surface area contributed by atoms with E-state index in [0.717, 1.165) is 18.4 Å². The van der Waals surface area contributed by atoms with E-state index in [2.05, 4.69) is 5.18 Å². The lowest BCUT2D eigenvalue weighted by Gasteiger charge is -2.08. The Hall–Kier alpha value is -1.71. The Balaban J connectivity index is 2.60. The minimum atomic E-state index is -0.924. The van der Waals surface area contributed by atoms with Crippen LogP contribution in [-0.4, -0.2) is 11.1 Å². The lowest BCUT2D eigenvalue weighted by molar-refractivity contribution is 0.0695. The predicted molar refractivity (Wildman–Crippen MR) is 55.6 cm³/mol. The van der Waals surface area contributed by atoms with E-state index < -0.39 is 5.97 Å². The van der Waals surface area contributed by atoms with Gasteiger partial charge in [-0.3, -0.25) is 0 Å². The summed E-state index contributed by atoms with van der Waals surface area (Å²) in [5, 5.41) is 11.9. The Morgan fingerprint density at radius 2 is 2.13 bits per heavy atom. The Labute approximate surface area is 86.9 Å². The first kappa shape index (κ1) is 9.83. The molecule has 1 fully saturated rings. The van der Waals surface area contributed by atoms with E-state index in [0.29, 0.717) is 22.7 Å². The van der Waals surface area contributed by atoms with Crippen LogP contribution in [-0.2, 0) is 0 Å². The molecule has 4 heteroatoms. The summed E-state index contributed by atoms with van der Waals surface area (Å²) in [5.41, 5.74) is 2.03. The third kappa shape index (κ3) is 1.75. The smallest absolute Gasteiger partial charge is 0.336 e. The molecule has 0 unspecified atom stereocenters. The van der Waals surface area contributed by atoms with Gasteiger partial charge in [0.25, 0.3) is 0 Å². The number of aryl methyl sites for hydroxylation is 1. The standard InChI is InChI=1S/C11H11NO3/c1-6-4-8(12-15)5-9(7-2-3-7)10(6)11(13)14/h4-5,7H,2-3H2,1H3,(H,13,14). The zero-order chi connectivity index (χ0) is 11.0. The van der Waals surface area contributed by atoms with Crippen LogP contribution in [0.15, 0.2) is 17.3 Å². The highest BCUT2D eigenvalue weighted by molar-refractivity contribution is 5.92. The molecule has 1 saturated carbocycles. The molecule has 0 aromatic heterocycles. The lowest BCUT2D eigenvalue weighted by atomic mass is 9.97. The highest BCUT2D eigenvalue weighted by Gasteiger charge is 2.29. The average Bonchev–Trinajstić information content (AvgIpc) is 2.98. The number of rotatable bonds is 3. The molecule has 1 N–H and O–H groups in total. The van der Waals surface area contributed by atoms with Gasteiger partial charge in [-0.2, -0.15) is 0 Å². The van der Waals surface area contributed by atoms with Gasteiger partial charge in [-0.25, -0.2) is 4.79 Å². The molecule has 0 bridgehead atoms. The monoisotopic (exact) mass is 205 g/mol. The summed E-state index contributed by atoms with van der Waals surface area (Å²) in [5.74, 6) is -0.622. The third-order valence-electron chi connectivity index (χ3n) is 2.69. The van der Waals surface area contributed by atoms with Gasteiger partial charge in [0, 0.05) is 0 Å². The molecule has 1 aliphatic carbocycles. The van der Waals surface area contributed by atoms with Crippen LogP contribution in [0.5, 0.6) is 0 Å². The van der Waals surface area contributed by atoms with Crippen molar-refractivity contribution in [1.29, 1.82) is 0 Å². The van der Waals surface area contributed by atoms with Gasteiger partial charge in [-0.1, -0.05) is 0 Å². The molecule has 2 rings (SSSR count). The van der Waals surface area contributed by atoms with Gasteiger partial charge in [0.2, 0.25) is 0 Å². The molecule has 78 valence electrons. The van der Waals surface area contributed by atoms with Crippen LogP contribution in [0.4, 0.5) is 5.69 Å². The number of hydrogen-bond acceptors (Lipinski definition) is 3. The van der Waals surface area contributed by atoms with Gasteiger partial charge in [0.15, 0.2) is 0 Å². The highest BCUT2D eigenvalue weighted by Crippen LogP contribution is 2.43. The molecule has 0 radical (unpaired) electrons. The van der Waals surface area contributed by atoms with Crippen molar-refractivity contribution in [2.24, 2.45) is 5.18 Å². The van der Waals surface area contributed by atoms with Crippen LogP contribution in [0, 0.1) is 11.8 Å². The summed E-state index contributed by atoms with van der Waals surface area (Å²) in [6.07, 6.45) is 2.00. The zero-order valence-electron chi connectivity index (χ0n) is 8.36. The third-order valence-corrected chi connectivity index (χ3v) is 2.69. The first-order valence-electron chi connectivity index (χ1n) is 4.84. The van der Waals surface area contributed by atoms with Crippen LogP contribution in [0.3, 0.4) is 0 Å². The molecular weight excluding hydrogens is 194 g/mol. The average molecular weight is 205 g/mol. The predicted octanol–water partition coefficient (Wildman–Crippen LogP) is 2.97. The van der Waals surface area contributed by atoms with Gasteiger partial charge >= 0.3 is 5.97 Å². The summed E-state index contributed by atoms with van der Waals surface area (Å²) in [4.78, 5) is 21.5. The minimum absolute atomic E-state index is 0.302. The van der Waals surface area contributed by atoms with E-state index in [4.69, 9.17) is 5.11 Å². The van der Waals surface area contributed by atoms with Gasteiger partial charge in [0.1, 0.15) is 5.69 Å². The number of benzene rings is 1. The topological polar surface area (TPSA) is 66.7 Å².